The molecule has 0 fully saturated rings. The average Bonchev–Trinajstić information content (AvgIpc) is 2.78. The smallest absolute Gasteiger partial charge is 0.326 e. The average molecular weight is 241 g/mol. The van der Waals surface area contributed by atoms with Crippen molar-refractivity contribution in [2.45, 2.75) is 32.4 Å². The van der Waals surface area contributed by atoms with Gasteiger partial charge in [0.05, 0.1) is 6.54 Å². The molecule has 0 aliphatic carbocycles. The molecule has 0 radical (unpaired) electrons. The molecule has 0 bridgehead atoms. The first-order valence-corrected chi connectivity index (χ1v) is 5.30. The van der Waals surface area contributed by atoms with Crippen molar-refractivity contribution in [2.24, 2.45) is 0 Å². The third kappa shape index (κ3) is 4.54. The number of carboxylic acids is 1. The molecule has 0 saturated heterocycles. The Bertz CT molecular complexity index is 364. The summed E-state index contributed by atoms with van der Waals surface area (Å²) < 4.78 is 4.59. The van der Waals surface area contributed by atoms with Crippen molar-refractivity contribution in [3.63, 3.8) is 0 Å². The first kappa shape index (κ1) is 13.0. The number of hydrogen-bond acceptors (Lipinski definition) is 4. The lowest BCUT2D eigenvalue weighted by molar-refractivity contribution is -0.139. The third-order valence-corrected chi connectivity index (χ3v) is 2.10. The van der Waals surface area contributed by atoms with Gasteiger partial charge in [-0.3, -0.25) is 0 Å². The van der Waals surface area contributed by atoms with Gasteiger partial charge in [-0.25, -0.2) is 9.59 Å². The van der Waals surface area contributed by atoms with Crippen molar-refractivity contribution >= 4 is 12.0 Å². The number of rotatable bonds is 6. The second kappa shape index (κ2) is 6.51. The lowest BCUT2D eigenvalue weighted by atomic mass is 10.2. The Labute approximate surface area is 98.2 Å². The molecule has 7 heteroatoms. The predicted octanol–water partition coefficient (Wildman–Crippen LogP) is 0.727. The van der Waals surface area contributed by atoms with Gasteiger partial charge in [-0.15, -0.1) is 0 Å². The Morgan fingerprint density at radius 2 is 2.35 bits per heavy atom. The molecule has 2 amide bonds. The molecule has 7 nitrogen and oxygen atoms in total. The fourth-order valence-corrected chi connectivity index (χ4v) is 1.25. The van der Waals surface area contributed by atoms with Crippen molar-refractivity contribution in [3.8, 4) is 0 Å². The summed E-state index contributed by atoms with van der Waals surface area (Å²) in [6.07, 6.45) is 2.47. The van der Waals surface area contributed by atoms with Crippen LogP contribution < -0.4 is 10.6 Å². The van der Waals surface area contributed by atoms with Gasteiger partial charge in [0, 0.05) is 6.07 Å². The van der Waals surface area contributed by atoms with Crippen molar-refractivity contribution < 1.29 is 19.2 Å². The molecular weight excluding hydrogens is 226 g/mol. The Morgan fingerprint density at radius 3 is 2.88 bits per heavy atom. The van der Waals surface area contributed by atoms with Crippen molar-refractivity contribution in [2.75, 3.05) is 0 Å². The van der Waals surface area contributed by atoms with E-state index < -0.39 is 18.0 Å². The van der Waals surface area contributed by atoms with Gasteiger partial charge in [0.15, 0.2) is 0 Å². The summed E-state index contributed by atoms with van der Waals surface area (Å²) in [6, 6.07) is 0.215. The zero-order valence-corrected chi connectivity index (χ0v) is 9.47. The van der Waals surface area contributed by atoms with Crippen molar-refractivity contribution in [3.05, 3.63) is 18.0 Å². The minimum Gasteiger partial charge on any atom is -0.480 e. The Kier molecular flexibility index (Phi) is 4.99. The number of aliphatic carboxylic acids is 1. The van der Waals surface area contributed by atoms with Gasteiger partial charge in [-0.1, -0.05) is 18.5 Å². The van der Waals surface area contributed by atoms with Gasteiger partial charge in [0.25, 0.3) is 0 Å². The van der Waals surface area contributed by atoms with Crippen LogP contribution in [0.5, 0.6) is 0 Å². The Balaban J connectivity index is 2.34. The third-order valence-electron chi connectivity index (χ3n) is 2.10. The number of carboxylic acid groups (broad SMARTS) is 1. The van der Waals surface area contributed by atoms with E-state index in [0.29, 0.717) is 18.5 Å². The maximum absolute atomic E-state index is 11.4. The molecule has 0 saturated carbocycles. The largest absolute Gasteiger partial charge is 0.480 e. The van der Waals surface area contributed by atoms with Gasteiger partial charge >= 0.3 is 12.0 Å². The minimum absolute atomic E-state index is 0.195. The summed E-state index contributed by atoms with van der Waals surface area (Å²) in [6.45, 7) is 2.05. The lowest BCUT2D eigenvalue weighted by Crippen LogP contribution is -2.45. The van der Waals surface area contributed by atoms with E-state index in [4.69, 9.17) is 5.11 Å². The number of amides is 2. The maximum atomic E-state index is 11.4. The molecule has 0 unspecified atom stereocenters. The molecule has 1 heterocycles. The highest BCUT2D eigenvalue weighted by Gasteiger charge is 2.18. The summed E-state index contributed by atoms with van der Waals surface area (Å²) in [5, 5.41) is 17.3. The van der Waals surface area contributed by atoms with Crippen LogP contribution in [0.25, 0.3) is 0 Å². The summed E-state index contributed by atoms with van der Waals surface area (Å²) >= 11 is 0. The zero-order chi connectivity index (χ0) is 12.7. The number of nitrogens with one attached hydrogen (secondary N) is 2. The number of carbonyl (C=O) groups is 2. The number of carbonyl (C=O) groups excluding carboxylic acids is 1. The number of hydrogen-bond donors (Lipinski definition) is 3. The van der Waals surface area contributed by atoms with Crippen LogP contribution in [0.1, 0.15) is 25.5 Å². The van der Waals surface area contributed by atoms with E-state index in [1.165, 1.54) is 6.26 Å². The van der Waals surface area contributed by atoms with Crippen LogP contribution in [0.2, 0.25) is 0 Å². The van der Waals surface area contributed by atoms with Crippen LogP contribution in [0.15, 0.2) is 16.9 Å². The molecule has 0 spiro atoms. The highest BCUT2D eigenvalue weighted by Crippen LogP contribution is 1.97. The topological polar surface area (TPSA) is 104 Å². The second-order valence-electron chi connectivity index (χ2n) is 3.50. The normalized spacial score (nSPS) is 11.8. The van der Waals surface area contributed by atoms with E-state index in [9.17, 15) is 9.59 Å². The standard InChI is InChI=1S/C10H15N3O4/c1-2-3-8(9(14)15)12-10(16)11-6-7-4-5-17-13-7/h4-5,8H,2-3,6H2,1H3,(H,14,15)(H2,11,12,16)/t8-/m0/s1. The van der Waals surface area contributed by atoms with Gasteiger partial charge < -0.3 is 20.3 Å². The molecular formula is C10H15N3O4. The minimum atomic E-state index is -1.04. The monoisotopic (exact) mass is 241 g/mol. The van der Waals surface area contributed by atoms with Crippen LogP contribution in [-0.2, 0) is 11.3 Å². The van der Waals surface area contributed by atoms with Crippen LogP contribution in [0, 0.1) is 0 Å². The number of aromatic nitrogens is 1. The van der Waals surface area contributed by atoms with E-state index >= 15 is 0 Å². The van der Waals surface area contributed by atoms with Crippen LogP contribution in [-0.4, -0.2) is 28.3 Å². The maximum Gasteiger partial charge on any atom is 0.326 e. The SMILES string of the molecule is CCC[C@H](NC(=O)NCc1ccon1)C(=O)O. The molecule has 3 N–H and O–H groups in total. The van der Waals surface area contributed by atoms with Crippen LogP contribution in [0.4, 0.5) is 4.79 Å². The van der Waals surface area contributed by atoms with E-state index in [1.54, 1.807) is 6.07 Å². The van der Waals surface area contributed by atoms with Crippen LogP contribution >= 0.6 is 0 Å². The molecule has 0 aliphatic rings. The van der Waals surface area contributed by atoms with Crippen LogP contribution in [0.3, 0.4) is 0 Å². The van der Waals surface area contributed by atoms with E-state index in [2.05, 4.69) is 20.3 Å². The molecule has 17 heavy (non-hydrogen) atoms. The first-order chi connectivity index (χ1) is 8.13. The Morgan fingerprint density at radius 1 is 1.59 bits per heavy atom. The van der Waals surface area contributed by atoms with Crippen molar-refractivity contribution in [1.82, 2.24) is 15.8 Å². The van der Waals surface area contributed by atoms with E-state index in [0.717, 1.165) is 0 Å². The highest BCUT2D eigenvalue weighted by atomic mass is 16.5. The quantitative estimate of drug-likeness (QED) is 0.681. The summed E-state index contributed by atoms with van der Waals surface area (Å²) in [5.74, 6) is -1.04. The second-order valence-corrected chi connectivity index (χ2v) is 3.50. The molecule has 0 aromatic carbocycles. The molecule has 1 atom stereocenters. The molecule has 94 valence electrons. The molecule has 1 rings (SSSR count). The predicted molar refractivity (Wildman–Crippen MR) is 58.2 cm³/mol. The molecule has 0 aliphatic heterocycles. The Hall–Kier alpha value is -2.05. The number of urea groups is 1. The highest BCUT2D eigenvalue weighted by molar-refractivity contribution is 5.82. The zero-order valence-electron chi connectivity index (χ0n) is 9.47. The molecule has 1 aromatic rings. The van der Waals surface area contributed by atoms with Gasteiger partial charge in [-0.05, 0) is 6.42 Å². The van der Waals surface area contributed by atoms with Crippen molar-refractivity contribution in [1.29, 1.82) is 0 Å². The first-order valence-electron chi connectivity index (χ1n) is 5.30. The van der Waals surface area contributed by atoms with Gasteiger partial charge in [0.2, 0.25) is 0 Å². The summed E-state index contributed by atoms with van der Waals surface area (Å²) in [4.78, 5) is 22.2. The fraction of sp³-hybridized carbons (Fsp3) is 0.500. The summed E-state index contributed by atoms with van der Waals surface area (Å²) in [5.41, 5.74) is 0.572. The number of nitrogens with zero attached hydrogens (tertiary/aromatic N) is 1. The summed E-state index contributed by atoms with van der Waals surface area (Å²) in [7, 11) is 0. The van der Waals surface area contributed by atoms with E-state index in [-0.39, 0.29) is 6.54 Å². The lowest BCUT2D eigenvalue weighted by Gasteiger charge is -2.13. The fourth-order valence-electron chi connectivity index (χ4n) is 1.25. The van der Waals surface area contributed by atoms with E-state index in [1.807, 2.05) is 6.92 Å². The molecule has 1 aromatic heterocycles. The van der Waals surface area contributed by atoms with Gasteiger partial charge in [-0.2, -0.15) is 0 Å². The van der Waals surface area contributed by atoms with Gasteiger partial charge in [0.1, 0.15) is 18.0 Å².